The molecule has 0 bridgehead atoms. The lowest BCUT2D eigenvalue weighted by atomic mass is 10.1. The lowest BCUT2D eigenvalue weighted by molar-refractivity contribution is -0.136. The number of rotatable bonds is 6. The zero-order chi connectivity index (χ0) is 23.8. The molecule has 3 aromatic rings. The number of thiazole rings is 1. The molecular formula is C19H22F3N7O2S2. The first-order chi connectivity index (χ1) is 15.6. The van der Waals surface area contributed by atoms with Gasteiger partial charge in [0.05, 0.1) is 17.3 Å². The molecule has 1 aromatic carbocycles. The normalized spacial score (nSPS) is 17.3. The van der Waals surface area contributed by atoms with E-state index in [2.05, 4.69) is 25.2 Å². The Kier molecular flexibility index (Phi) is 6.44. The predicted molar refractivity (Wildman–Crippen MR) is 119 cm³/mol. The maximum absolute atomic E-state index is 13.3. The van der Waals surface area contributed by atoms with Crippen LogP contribution in [-0.2, 0) is 16.2 Å². The first kappa shape index (κ1) is 23.6. The number of piperazine rings is 1. The van der Waals surface area contributed by atoms with Crippen molar-refractivity contribution in [3.63, 3.8) is 0 Å². The molecule has 3 N–H and O–H groups in total. The molecule has 1 aliphatic rings. The molecule has 178 valence electrons. The van der Waals surface area contributed by atoms with Gasteiger partial charge in [0.2, 0.25) is 0 Å². The molecule has 14 heteroatoms. The van der Waals surface area contributed by atoms with Crippen molar-refractivity contribution in [2.75, 3.05) is 43.8 Å². The number of anilines is 2. The quantitative estimate of drug-likeness (QED) is 0.529. The number of nitrogens with zero attached hydrogens (tertiary/aromatic N) is 5. The average molecular weight is 502 g/mol. The molecule has 1 aliphatic heterocycles. The number of nitrogens with one attached hydrogen (secondary N) is 1. The molecule has 9 nitrogen and oxygen atoms in total. The van der Waals surface area contributed by atoms with E-state index in [0.29, 0.717) is 43.9 Å². The Morgan fingerprint density at radius 2 is 1.91 bits per heavy atom. The third-order valence-electron chi connectivity index (χ3n) is 5.31. The average Bonchev–Trinajstić information content (AvgIpc) is 3.20. The Labute approximate surface area is 192 Å². The zero-order valence-electron chi connectivity index (χ0n) is 17.6. The lowest BCUT2D eigenvalue weighted by Crippen LogP contribution is -2.50. The third-order valence-corrected chi connectivity index (χ3v) is 8.48. The molecule has 1 atom stereocenters. The highest BCUT2D eigenvalue weighted by Crippen LogP contribution is 2.35. The van der Waals surface area contributed by atoms with E-state index >= 15 is 0 Å². The molecule has 1 fully saturated rings. The Morgan fingerprint density at radius 1 is 1.18 bits per heavy atom. The summed E-state index contributed by atoms with van der Waals surface area (Å²) in [6.45, 7) is 4.12. The van der Waals surface area contributed by atoms with Gasteiger partial charge in [0.15, 0.2) is 9.34 Å². The molecule has 0 amide bonds. The Hall–Kier alpha value is -2.55. The lowest BCUT2D eigenvalue weighted by Gasteiger charge is -2.35. The summed E-state index contributed by atoms with van der Waals surface area (Å²) in [6.07, 6.45) is -2.13. The van der Waals surface area contributed by atoms with Gasteiger partial charge in [-0.3, -0.25) is 4.90 Å². The summed E-state index contributed by atoms with van der Waals surface area (Å²) >= 11 is 0.935. The van der Waals surface area contributed by atoms with Gasteiger partial charge >= 0.3 is 6.18 Å². The summed E-state index contributed by atoms with van der Waals surface area (Å²) in [5, 5.41) is 3.66. The van der Waals surface area contributed by atoms with Gasteiger partial charge in [0.1, 0.15) is 12.1 Å². The highest BCUT2D eigenvalue weighted by atomic mass is 32.2. The van der Waals surface area contributed by atoms with E-state index in [1.807, 2.05) is 6.92 Å². The molecule has 2 aromatic heterocycles. The smallest absolute Gasteiger partial charge is 0.375 e. The van der Waals surface area contributed by atoms with Crippen LogP contribution in [0.25, 0.3) is 10.9 Å². The van der Waals surface area contributed by atoms with Crippen LogP contribution >= 0.6 is 11.3 Å². The van der Waals surface area contributed by atoms with Gasteiger partial charge in [-0.2, -0.15) is 17.5 Å². The van der Waals surface area contributed by atoms with E-state index < -0.39 is 21.8 Å². The minimum absolute atomic E-state index is 0.123. The Morgan fingerprint density at radius 3 is 2.55 bits per heavy atom. The van der Waals surface area contributed by atoms with E-state index in [1.54, 1.807) is 6.07 Å². The van der Waals surface area contributed by atoms with Crippen molar-refractivity contribution in [1.82, 2.24) is 24.2 Å². The zero-order valence-corrected chi connectivity index (χ0v) is 19.2. The number of nitrogen functional groups attached to an aromatic ring is 1. The standard InChI is InChI=1S/C19H22F3N7O2S2/c1-12(27-17-13-3-2-4-14(19(20,21)22)16(13)25-11-26-17)10-28-5-7-29(8-6-28)33(30,31)15-9-24-18(23)32-15/h2-4,9,11-12H,5-8,10H2,1H3,(H2,23,24)(H,25,26,27)/t12-/m0/s1. The predicted octanol–water partition coefficient (Wildman–Crippen LogP) is 2.49. The first-order valence-corrected chi connectivity index (χ1v) is 12.3. The SMILES string of the molecule is C[C@@H](CN1CCN(S(=O)(=O)c2cnc(N)s2)CC1)Nc1ncnc2c(C(F)(F)F)cccc12. The number of alkyl halides is 3. The molecule has 0 saturated carbocycles. The summed E-state index contributed by atoms with van der Waals surface area (Å²) in [5.41, 5.74) is 4.59. The van der Waals surface area contributed by atoms with Gasteiger partial charge in [0.25, 0.3) is 10.0 Å². The molecule has 3 heterocycles. The topological polar surface area (TPSA) is 117 Å². The minimum atomic E-state index is -4.51. The molecule has 0 aliphatic carbocycles. The van der Waals surface area contributed by atoms with Crippen molar-refractivity contribution >= 4 is 43.2 Å². The maximum atomic E-state index is 13.3. The van der Waals surface area contributed by atoms with E-state index in [-0.39, 0.29) is 20.9 Å². The summed E-state index contributed by atoms with van der Waals surface area (Å²) in [6, 6.07) is 3.73. The number of aromatic nitrogens is 3. The molecule has 4 rings (SSSR count). The summed E-state index contributed by atoms with van der Waals surface area (Å²) < 4.78 is 66.9. The van der Waals surface area contributed by atoms with Crippen LogP contribution in [0.3, 0.4) is 0 Å². The summed E-state index contributed by atoms with van der Waals surface area (Å²) in [4.78, 5) is 13.9. The molecular weight excluding hydrogens is 479 g/mol. The number of fused-ring (bicyclic) bond motifs is 1. The minimum Gasteiger partial charge on any atom is -0.375 e. The van der Waals surface area contributed by atoms with E-state index in [9.17, 15) is 21.6 Å². The van der Waals surface area contributed by atoms with Crippen LogP contribution in [-0.4, -0.2) is 71.3 Å². The van der Waals surface area contributed by atoms with Crippen molar-refractivity contribution in [1.29, 1.82) is 0 Å². The van der Waals surface area contributed by atoms with Crippen LogP contribution in [0.5, 0.6) is 0 Å². The van der Waals surface area contributed by atoms with E-state index in [0.717, 1.165) is 23.7 Å². The van der Waals surface area contributed by atoms with E-state index in [4.69, 9.17) is 5.73 Å². The largest absolute Gasteiger partial charge is 0.418 e. The second-order valence-electron chi connectivity index (χ2n) is 7.69. The van der Waals surface area contributed by atoms with Crippen molar-refractivity contribution < 1.29 is 21.6 Å². The molecule has 0 unspecified atom stereocenters. The van der Waals surface area contributed by atoms with Gasteiger partial charge in [-0.1, -0.05) is 17.4 Å². The Balaban J connectivity index is 1.40. The van der Waals surface area contributed by atoms with Gasteiger partial charge in [0, 0.05) is 44.2 Å². The van der Waals surface area contributed by atoms with Crippen molar-refractivity contribution in [3.8, 4) is 0 Å². The fourth-order valence-electron chi connectivity index (χ4n) is 3.77. The maximum Gasteiger partial charge on any atom is 0.418 e. The van der Waals surface area contributed by atoms with Gasteiger partial charge in [-0.05, 0) is 19.1 Å². The number of sulfonamides is 1. The highest BCUT2D eigenvalue weighted by molar-refractivity contribution is 7.91. The number of para-hydroxylation sites is 1. The van der Waals surface area contributed by atoms with Crippen LogP contribution in [0.4, 0.5) is 24.1 Å². The number of hydrogen-bond acceptors (Lipinski definition) is 9. The van der Waals surface area contributed by atoms with E-state index in [1.165, 1.54) is 16.6 Å². The van der Waals surface area contributed by atoms with Gasteiger partial charge < -0.3 is 11.1 Å². The molecule has 1 saturated heterocycles. The second kappa shape index (κ2) is 9.00. The summed E-state index contributed by atoms with van der Waals surface area (Å²) in [5.74, 6) is 0.322. The number of benzene rings is 1. The highest BCUT2D eigenvalue weighted by Gasteiger charge is 2.34. The van der Waals surface area contributed by atoms with Crippen LogP contribution in [0.2, 0.25) is 0 Å². The molecule has 0 spiro atoms. The van der Waals surface area contributed by atoms with Crippen molar-refractivity contribution in [2.24, 2.45) is 0 Å². The van der Waals surface area contributed by atoms with Crippen LogP contribution in [0.1, 0.15) is 12.5 Å². The first-order valence-electron chi connectivity index (χ1n) is 10.1. The number of nitrogens with two attached hydrogens (primary N) is 1. The number of halogens is 3. The molecule has 33 heavy (non-hydrogen) atoms. The summed E-state index contributed by atoms with van der Waals surface area (Å²) in [7, 11) is -3.62. The van der Waals surface area contributed by atoms with Crippen molar-refractivity contribution in [3.05, 3.63) is 36.3 Å². The van der Waals surface area contributed by atoms with Crippen LogP contribution in [0.15, 0.2) is 34.9 Å². The van der Waals surface area contributed by atoms with Gasteiger partial charge in [-0.15, -0.1) is 0 Å². The second-order valence-corrected chi connectivity index (χ2v) is 10.9. The molecule has 0 radical (unpaired) electrons. The van der Waals surface area contributed by atoms with Crippen LogP contribution < -0.4 is 11.1 Å². The van der Waals surface area contributed by atoms with Crippen molar-refractivity contribution in [2.45, 2.75) is 23.4 Å². The fourth-order valence-corrected chi connectivity index (χ4v) is 6.26. The van der Waals surface area contributed by atoms with Gasteiger partial charge in [-0.25, -0.2) is 23.4 Å². The Bertz CT molecular complexity index is 1240. The third kappa shape index (κ3) is 5.03. The van der Waals surface area contributed by atoms with Crippen LogP contribution in [0, 0.1) is 0 Å². The fraction of sp³-hybridized carbons (Fsp3) is 0.421. The monoisotopic (exact) mass is 501 g/mol. The number of hydrogen-bond donors (Lipinski definition) is 2.